The Balaban J connectivity index is 2.30. The Hall–Kier alpha value is -0.860. The molecule has 0 aliphatic rings. The third kappa shape index (κ3) is 3.33. The van der Waals surface area contributed by atoms with Gasteiger partial charge in [-0.25, -0.2) is 4.98 Å². The van der Waals surface area contributed by atoms with Crippen molar-refractivity contribution in [2.24, 2.45) is 0 Å². The van der Waals surface area contributed by atoms with Gasteiger partial charge in [-0.15, -0.1) is 0 Å². The van der Waals surface area contributed by atoms with E-state index in [0.29, 0.717) is 0 Å². The van der Waals surface area contributed by atoms with Gasteiger partial charge in [-0.1, -0.05) is 17.7 Å². The van der Waals surface area contributed by atoms with E-state index in [9.17, 15) is 8.42 Å². The third-order valence-electron chi connectivity index (χ3n) is 1.99. The second kappa shape index (κ2) is 5.41. The number of pyridine rings is 1. The molecule has 2 rings (SSSR count). The molecule has 0 N–H and O–H groups in total. The molecule has 0 unspecified atom stereocenters. The van der Waals surface area contributed by atoms with Crippen LogP contribution in [0.5, 0.6) is 5.75 Å². The van der Waals surface area contributed by atoms with E-state index in [0.717, 1.165) is 9.77 Å². The predicted octanol–water partition coefficient (Wildman–Crippen LogP) is 3.11. The smallest absolute Gasteiger partial charge is 0.340 e. The lowest BCUT2D eigenvalue weighted by Crippen LogP contribution is -2.10. The molecule has 0 saturated carbocycles. The molecule has 0 amide bonds. The van der Waals surface area contributed by atoms with Gasteiger partial charge in [0.15, 0.2) is 0 Å². The minimum Gasteiger partial charge on any atom is -0.379 e. The first kappa shape index (κ1) is 13.6. The Morgan fingerprint density at radius 2 is 2.00 bits per heavy atom. The number of hydrogen-bond acceptors (Lipinski definition) is 4. The summed E-state index contributed by atoms with van der Waals surface area (Å²) in [5.41, 5.74) is 0. The second-order valence-corrected chi connectivity index (χ2v) is 6.49. The molecule has 0 atom stereocenters. The number of rotatable bonds is 3. The standard InChI is InChI=1S/C11H7ClINO3S/c12-11-5-4-10(7-14-11)18(15,16)17-9-3-1-2-8(13)6-9/h1-7H. The maximum atomic E-state index is 11.9. The average molecular weight is 396 g/mol. The highest BCUT2D eigenvalue weighted by Crippen LogP contribution is 2.20. The van der Waals surface area contributed by atoms with Crippen LogP contribution >= 0.6 is 34.2 Å². The summed E-state index contributed by atoms with van der Waals surface area (Å²) in [5, 5.41) is 0.225. The maximum Gasteiger partial charge on any atom is 0.340 e. The highest BCUT2D eigenvalue weighted by molar-refractivity contribution is 14.1. The van der Waals surface area contributed by atoms with Gasteiger partial charge in [-0.05, 0) is 52.9 Å². The number of halogens is 2. The zero-order valence-electron chi connectivity index (χ0n) is 8.88. The zero-order chi connectivity index (χ0) is 13.2. The first-order valence-corrected chi connectivity index (χ1v) is 7.65. The fraction of sp³-hybridized carbons (Fsp3) is 0. The van der Waals surface area contributed by atoms with Crippen LogP contribution in [0.15, 0.2) is 47.5 Å². The van der Waals surface area contributed by atoms with Gasteiger partial charge in [0.1, 0.15) is 15.8 Å². The molecule has 7 heteroatoms. The second-order valence-electron chi connectivity index (χ2n) is 3.31. The van der Waals surface area contributed by atoms with Crippen LogP contribution in [0.4, 0.5) is 0 Å². The summed E-state index contributed by atoms with van der Waals surface area (Å²) in [6, 6.07) is 9.49. The molecule has 0 aliphatic carbocycles. The maximum absolute atomic E-state index is 11.9. The zero-order valence-corrected chi connectivity index (χ0v) is 12.6. The van der Waals surface area contributed by atoms with Crippen molar-refractivity contribution in [3.8, 4) is 5.75 Å². The Morgan fingerprint density at radius 3 is 2.61 bits per heavy atom. The van der Waals surface area contributed by atoms with Gasteiger partial charge in [0.25, 0.3) is 0 Å². The van der Waals surface area contributed by atoms with Crippen LogP contribution in [0.2, 0.25) is 5.15 Å². The van der Waals surface area contributed by atoms with Gasteiger partial charge >= 0.3 is 10.1 Å². The number of nitrogens with zero attached hydrogens (tertiary/aromatic N) is 1. The van der Waals surface area contributed by atoms with E-state index in [4.69, 9.17) is 15.8 Å². The molecule has 94 valence electrons. The van der Waals surface area contributed by atoms with E-state index in [1.54, 1.807) is 18.2 Å². The fourth-order valence-corrected chi connectivity index (χ4v) is 2.70. The van der Waals surface area contributed by atoms with Gasteiger partial charge < -0.3 is 4.18 Å². The van der Waals surface area contributed by atoms with Crippen molar-refractivity contribution in [1.82, 2.24) is 4.98 Å². The average Bonchev–Trinajstić information content (AvgIpc) is 2.29. The Morgan fingerprint density at radius 1 is 1.22 bits per heavy atom. The molecule has 0 fully saturated rings. The molecule has 2 aromatic rings. The molecule has 1 heterocycles. The lowest BCUT2D eigenvalue weighted by Gasteiger charge is -2.06. The van der Waals surface area contributed by atoms with Gasteiger partial charge in [-0.3, -0.25) is 0 Å². The van der Waals surface area contributed by atoms with Crippen molar-refractivity contribution in [3.63, 3.8) is 0 Å². The van der Waals surface area contributed by atoms with Crippen LogP contribution in [0.1, 0.15) is 0 Å². The van der Waals surface area contributed by atoms with Gasteiger partial charge in [-0.2, -0.15) is 8.42 Å². The highest BCUT2D eigenvalue weighted by atomic mass is 127. The first-order valence-electron chi connectivity index (χ1n) is 4.79. The Bertz CT molecular complexity index is 658. The van der Waals surface area contributed by atoms with E-state index in [1.807, 2.05) is 6.07 Å². The molecule has 0 spiro atoms. The summed E-state index contributed by atoms with van der Waals surface area (Å²) in [7, 11) is -3.87. The molecule has 0 aliphatic heterocycles. The summed E-state index contributed by atoms with van der Waals surface area (Å²) in [4.78, 5) is 3.67. The molecule has 18 heavy (non-hydrogen) atoms. The van der Waals surface area contributed by atoms with Crippen molar-refractivity contribution in [3.05, 3.63) is 51.3 Å². The van der Waals surface area contributed by atoms with Gasteiger partial charge in [0, 0.05) is 3.57 Å². The van der Waals surface area contributed by atoms with Crippen molar-refractivity contribution in [2.45, 2.75) is 4.90 Å². The molecule has 0 saturated heterocycles. The van der Waals surface area contributed by atoms with Crippen LogP contribution < -0.4 is 4.18 Å². The van der Waals surface area contributed by atoms with Crippen molar-refractivity contribution < 1.29 is 12.6 Å². The highest BCUT2D eigenvalue weighted by Gasteiger charge is 2.17. The molecular formula is C11H7ClINO3S. The SMILES string of the molecule is O=S(=O)(Oc1cccc(I)c1)c1ccc(Cl)nc1. The van der Waals surface area contributed by atoms with E-state index in [-0.39, 0.29) is 15.8 Å². The topological polar surface area (TPSA) is 56.3 Å². The summed E-state index contributed by atoms with van der Waals surface area (Å²) in [5.74, 6) is 0.261. The third-order valence-corrected chi connectivity index (χ3v) is 4.12. The van der Waals surface area contributed by atoms with Gasteiger partial charge in [0.05, 0.1) is 6.20 Å². The Labute approximate surface area is 123 Å². The molecular weight excluding hydrogens is 389 g/mol. The van der Waals surface area contributed by atoms with E-state index in [2.05, 4.69) is 27.6 Å². The summed E-state index contributed by atoms with van der Waals surface area (Å²) >= 11 is 7.67. The van der Waals surface area contributed by atoms with Crippen LogP contribution in [0.3, 0.4) is 0 Å². The quantitative estimate of drug-likeness (QED) is 0.455. The minimum absolute atomic E-state index is 0.0363. The number of benzene rings is 1. The first-order chi connectivity index (χ1) is 8.47. The molecule has 0 bridgehead atoms. The lowest BCUT2D eigenvalue weighted by atomic mass is 10.3. The largest absolute Gasteiger partial charge is 0.379 e. The monoisotopic (exact) mass is 395 g/mol. The van der Waals surface area contributed by atoms with E-state index >= 15 is 0 Å². The van der Waals surface area contributed by atoms with E-state index < -0.39 is 10.1 Å². The summed E-state index contributed by atoms with van der Waals surface area (Å²) in [6.45, 7) is 0. The number of aromatic nitrogens is 1. The molecule has 4 nitrogen and oxygen atoms in total. The Kier molecular flexibility index (Phi) is 4.08. The van der Waals surface area contributed by atoms with Crippen LogP contribution in [-0.2, 0) is 10.1 Å². The van der Waals surface area contributed by atoms with Gasteiger partial charge in [0.2, 0.25) is 0 Å². The summed E-state index contributed by atoms with van der Waals surface area (Å²) in [6.07, 6.45) is 1.16. The van der Waals surface area contributed by atoms with Crippen LogP contribution in [-0.4, -0.2) is 13.4 Å². The summed E-state index contributed by atoms with van der Waals surface area (Å²) < 4.78 is 29.7. The number of hydrogen-bond donors (Lipinski definition) is 0. The van der Waals surface area contributed by atoms with Crippen molar-refractivity contribution in [2.75, 3.05) is 0 Å². The minimum atomic E-state index is -3.87. The molecule has 0 radical (unpaired) electrons. The van der Waals surface area contributed by atoms with Crippen molar-refractivity contribution >= 4 is 44.3 Å². The lowest BCUT2D eigenvalue weighted by molar-refractivity contribution is 0.485. The van der Waals surface area contributed by atoms with Crippen LogP contribution in [0, 0.1) is 3.57 Å². The normalized spacial score (nSPS) is 11.2. The fourth-order valence-electron chi connectivity index (χ4n) is 1.20. The predicted molar refractivity (Wildman–Crippen MR) is 76.2 cm³/mol. The molecule has 1 aromatic carbocycles. The molecule has 1 aromatic heterocycles. The van der Waals surface area contributed by atoms with Crippen molar-refractivity contribution in [1.29, 1.82) is 0 Å². The van der Waals surface area contributed by atoms with E-state index in [1.165, 1.54) is 12.1 Å². The van der Waals surface area contributed by atoms with Crippen LogP contribution in [0.25, 0.3) is 0 Å².